The first-order chi connectivity index (χ1) is 12.5. The Hall–Kier alpha value is -2.88. The van der Waals surface area contributed by atoms with E-state index in [-0.39, 0.29) is 11.5 Å². The smallest absolute Gasteiger partial charge is 0.332 e. The van der Waals surface area contributed by atoms with Crippen LogP contribution < -0.4 is 5.32 Å². The molecule has 2 aromatic rings. The maximum atomic E-state index is 12.5. The van der Waals surface area contributed by atoms with Gasteiger partial charge in [-0.05, 0) is 67.0 Å². The Bertz CT molecular complexity index is 896. The number of carboxylic acids is 1. The van der Waals surface area contributed by atoms with Gasteiger partial charge in [-0.2, -0.15) is 0 Å². The van der Waals surface area contributed by atoms with Crippen molar-refractivity contribution in [3.05, 3.63) is 64.7 Å². The van der Waals surface area contributed by atoms with Gasteiger partial charge in [-0.1, -0.05) is 37.3 Å². The highest BCUT2D eigenvalue weighted by Crippen LogP contribution is 2.29. The van der Waals surface area contributed by atoms with Crippen molar-refractivity contribution in [3.63, 3.8) is 0 Å². The van der Waals surface area contributed by atoms with Crippen LogP contribution in [-0.4, -0.2) is 17.0 Å². The second-order valence-corrected chi connectivity index (χ2v) is 6.65. The number of anilines is 1. The van der Waals surface area contributed by atoms with Crippen molar-refractivity contribution in [2.24, 2.45) is 0 Å². The third-order valence-corrected chi connectivity index (χ3v) is 4.89. The monoisotopic (exact) mass is 349 g/mol. The zero-order valence-electron chi connectivity index (χ0n) is 15.1. The molecule has 0 aliphatic heterocycles. The lowest BCUT2D eigenvalue weighted by Gasteiger charge is -2.12. The number of amides is 1. The number of aliphatic carboxylic acids is 1. The fourth-order valence-electron chi connectivity index (χ4n) is 3.38. The summed E-state index contributed by atoms with van der Waals surface area (Å²) in [5.74, 6) is -1.29. The second-order valence-electron chi connectivity index (χ2n) is 6.65. The predicted octanol–water partition coefficient (Wildman–Crippen LogP) is 4.73. The van der Waals surface area contributed by atoms with E-state index in [4.69, 9.17) is 0 Å². The highest BCUT2D eigenvalue weighted by atomic mass is 16.4. The van der Waals surface area contributed by atoms with Gasteiger partial charge in [0.2, 0.25) is 0 Å². The van der Waals surface area contributed by atoms with Gasteiger partial charge in [-0.25, -0.2) is 4.79 Å². The van der Waals surface area contributed by atoms with Crippen LogP contribution in [0.1, 0.15) is 37.3 Å². The maximum Gasteiger partial charge on any atom is 0.332 e. The largest absolute Gasteiger partial charge is 0.478 e. The normalized spacial score (nSPS) is 13.8. The van der Waals surface area contributed by atoms with Gasteiger partial charge in [0.15, 0.2) is 0 Å². The molecule has 2 aromatic carbocycles. The van der Waals surface area contributed by atoms with E-state index in [1.54, 1.807) is 0 Å². The van der Waals surface area contributed by atoms with Crippen LogP contribution in [0.3, 0.4) is 0 Å². The topological polar surface area (TPSA) is 66.4 Å². The van der Waals surface area contributed by atoms with Crippen LogP contribution in [-0.2, 0) is 16.0 Å². The van der Waals surface area contributed by atoms with Gasteiger partial charge in [0.05, 0.1) is 0 Å². The summed E-state index contributed by atoms with van der Waals surface area (Å²) in [4.78, 5) is 23.7. The van der Waals surface area contributed by atoms with Crippen molar-refractivity contribution in [2.45, 2.75) is 39.5 Å². The SMILES string of the molecule is CCc1cccc(-c2ccc(NC(=O)C3=C(C(=O)O)CCC3)c(C)c2)c1. The quantitative estimate of drug-likeness (QED) is 0.820. The van der Waals surface area contributed by atoms with Crippen LogP contribution in [0.5, 0.6) is 0 Å². The first-order valence-electron chi connectivity index (χ1n) is 8.96. The molecule has 0 bridgehead atoms. The minimum absolute atomic E-state index is 0.244. The molecule has 1 aliphatic carbocycles. The van der Waals surface area contributed by atoms with E-state index in [0.717, 1.165) is 35.2 Å². The van der Waals surface area contributed by atoms with Gasteiger partial charge in [0, 0.05) is 16.8 Å². The van der Waals surface area contributed by atoms with Crippen molar-refractivity contribution in [1.29, 1.82) is 0 Å². The summed E-state index contributed by atoms with van der Waals surface area (Å²) in [6.45, 7) is 4.08. The van der Waals surface area contributed by atoms with E-state index in [9.17, 15) is 14.7 Å². The molecule has 134 valence electrons. The molecule has 0 saturated heterocycles. The third-order valence-electron chi connectivity index (χ3n) is 4.89. The van der Waals surface area contributed by atoms with E-state index in [1.807, 2.05) is 25.1 Å². The molecule has 0 unspecified atom stereocenters. The summed E-state index contributed by atoms with van der Waals surface area (Å²) < 4.78 is 0. The zero-order valence-corrected chi connectivity index (χ0v) is 15.1. The van der Waals surface area contributed by atoms with Gasteiger partial charge in [0.1, 0.15) is 0 Å². The lowest BCUT2D eigenvalue weighted by Crippen LogP contribution is -2.17. The third kappa shape index (κ3) is 3.69. The number of carboxylic acid groups (broad SMARTS) is 1. The van der Waals surface area contributed by atoms with Gasteiger partial charge < -0.3 is 10.4 Å². The fourth-order valence-corrected chi connectivity index (χ4v) is 3.38. The summed E-state index contributed by atoms with van der Waals surface area (Å²) in [5, 5.41) is 12.1. The lowest BCUT2D eigenvalue weighted by molar-refractivity contribution is -0.133. The summed E-state index contributed by atoms with van der Waals surface area (Å²) in [7, 11) is 0. The van der Waals surface area contributed by atoms with E-state index >= 15 is 0 Å². The highest BCUT2D eigenvalue weighted by molar-refractivity contribution is 6.09. The molecule has 4 heteroatoms. The lowest BCUT2D eigenvalue weighted by atomic mass is 9.99. The minimum atomic E-state index is -0.990. The molecule has 0 radical (unpaired) electrons. The zero-order chi connectivity index (χ0) is 18.7. The second kappa shape index (κ2) is 7.56. The average molecular weight is 349 g/mol. The molecule has 1 amide bonds. The number of carbonyl (C=O) groups excluding carboxylic acids is 1. The van der Waals surface area contributed by atoms with Crippen molar-refractivity contribution >= 4 is 17.6 Å². The molecular formula is C22H23NO3. The van der Waals surface area contributed by atoms with E-state index in [2.05, 4.69) is 36.5 Å². The summed E-state index contributed by atoms with van der Waals surface area (Å²) >= 11 is 0. The number of rotatable bonds is 5. The maximum absolute atomic E-state index is 12.5. The van der Waals surface area contributed by atoms with Crippen LogP contribution in [0.4, 0.5) is 5.69 Å². The van der Waals surface area contributed by atoms with Gasteiger partial charge in [-0.3, -0.25) is 4.79 Å². The van der Waals surface area contributed by atoms with Crippen molar-refractivity contribution in [2.75, 3.05) is 5.32 Å². The molecule has 0 spiro atoms. The van der Waals surface area contributed by atoms with E-state index in [1.165, 1.54) is 5.56 Å². The number of hydrogen-bond acceptors (Lipinski definition) is 2. The Morgan fingerprint density at radius 1 is 1.04 bits per heavy atom. The summed E-state index contributed by atoms with van der Waals surface area (Å²) in [6.07, 6.45) is 2.69. The minimum Gasteiger partial charge on any atom is -0.478 e. The van der Waals surface area contributed by atoms with Crippen LogP contribution >= 0.6 is 0 Å². The number of benzene rings is 2. The van der Waals surface area contributed by atoms with Gasteiger partial charge in [0.25, 0.3) is 5.91 Å². The predicted molar refractivity (Wildman–Crippen MR) is 103 cm³/mol. The van der Waals surface area contributed by atoms with Crippen LogP contribution in [0.15, 0.2) is 53.6 Å². The molecular weight excluding hydrogens is 326 g/mol. The summed E-state index contributed by atoms with van der Waals surface area (Å²) in [6, 6.07) is 14.3. The summed E-state index contributed by atoms with van der Waals surface area (Å²) in [5.41, 5.74) is 5.85. The molecule has 26 heavy (non-hydrogen) atoms. The molecule has 0 fully saturated rings. The molecule has 0 saturated carbocycles. The molecule has 0 heterocycles. The van der Waals surface area contributed by atoms with Crippen molar-refractivity contribution in [1.82, 2.24) is 0 Å². The van der Waals surface area contributed by atoms with Gasteiger partial charge >= 0.3 is 5.97 Å². The molecule has 4 nitrogen and oxygen atoms in total. The Labute approximate surface area is 153 Å². The first-order valence-corrected chi connectivity index (χ1v) is 8.96. The number of nitrogens with one attached hydrogen (secondary N) is 1. The van der Waals surface area contributed by atoms with Gasteiger partial charge in [-0.15, -0.1) is 0 Å². The standard InChI is InChI=1S/C22H23NO3/c1-3-15-6-4-7-16(13-15)17-10-11-20(14(2)12-17)23-21(24)18-8-5-9-19(18)22(25)26/h4,6-7,10-13H,3,5,8-9H2,1-2H3,(H,23,24)(H,25,26). The fraction of sp³-hybridized carbons (Fsp3) is 0.273. The average Bonchev–Trinajstić information content (AvgIpc) is 3.13. The number of hydrogen-bond donors (Lipinski definition) is 2. The van der Waals surface area contributed by atoms with Crippen LogP contribution in [0.2, 0.25) is 0 Å². The van der Waals surface area contributed by atoms with E-state index in [0.29, 0.717) is 18.4 Å². The molecule has 0 aromatic heterocycles. The van der Waals surface area contributed by atoms with Crippen molar-refractivity contribution in [3.8, 4) is 11.1 Å². The Morgan fingerprint density at radius 2 is 1.77 bits per heavy atom. The molecule has 2 N–H and O–H groups in total. The Balaban J connectivity index is 1.83. The molecule has 0 atom stereocenters. The van der Waals surface area contributed by atoms with Crippen molar-refractivity contribution < 1.29 is 14.7 Å². The molecule has 3 rings (SSSR count). The van der Waals surface area contributed by atoms with Crippen LogP contribution in [0, 0.1) is 6.92 Å². The highest BCUT2D eigenvalue weighted by Gasteiger charge is 2.25. The number of aryl methyl sites for hydroxylation is 2. The first kappa shape index (κ1) is 17.9. The van der Waals surface area contributed by atoms with Crippen LogP contribution in [0.25, 0.3) is 11.1 Å². The molecule has 1 aliphatic rings. The van der Waals surface area contributed by atoms with E-state index < -0.39 is 5.97 Å². The Morgan fingerprint density at radius 3 is 2.46 bits per heavy atom. The number of carbonyl (C=O) groups is 2. The Kier molecular flexibility index (Phi) is 5.21.